The molecule has 4 atom stereocenters. The van der Waals surface area contributed by atoms with E-state index in [2.05, 4.69) is 4.90 Å². The van der Waals surface area contributed by atoms with E-state index in [0.717, 1.165) is 45.6 Å². The Morgan fingerprint density at radius 3 is 2.67 bits per heavy atom. The van der Waals surface area contributed by atoms with Gasteiger partial charge in [0.1, 0.15) is 18.6 Å². The highest BCUT2D eigenvalue weighted by molar-refractivity contribution is 6.21. The lowest BCUT2D eigenvalue weighted by molar-refractivity contribution is -0.144. The predicted octanol–water partition coefficient (Wildman–Crippen LogP) is 3.08. The van der Waals surface area contributed by atoms with Crippen molar-refractivity contribution in [2.24, 2.45) is 11.8 Å². The number of alkyl halides is 1. The van der Waals surface area contributed by atoms with Gasteiger partial charge in [-0.2, -0.15) is 0 Å². The van der Waals surface area contributed by atoms with Gasteiger partial charge in [0.2, 0.25) is 0 Å². The Bertz CT molecular complexity index is 765. The number of aliphatic hydroxyl groups is 1. The topological polar surface area (TPSA) is 85.3 Å². The third kappa shape index (κ3) is 8.41. The van der Waals surface area contributed by atoms with Crippen LogP contribution in [0.3, 0.4) is 0 Å². The van der Waals surface area contributed by atoms with Crippen molar-refractivity contribution in [2.45, 2.75) is 37.2 Å². The minimum absolute atomic E-state index is 0.0759. The minimum Gasteiger partial charge on any atom is -0.493 e. The summed E-state index contributed by atoms with van der Waals surface area (Å²) >= 11 is 6.50. The van der Waals surface area contributed by atoms with Crippen LogP contribution >= 0.6 is 11.6 Å². The highest BCUT2D eigenvalue weighted by Crippen LogP contribution is 2.39. The van der Waals surface area contributed by atoms with E-state index in [0.29, 0.717) is 43.8 Å². The molecule has 2 aliphatic rings. The average Bonchev–Trinajstić information content (AvgIpc) is 3.10. The van der Waals surface area contributed by atoms with Crippen molar-refractivity contribution in [3.8, 4) is 5.75 Å². The fraction of sp³-hybridized carbons (Fsp3) is 0.600. The summed E-state index contributed by atoms with van der Waals surface area (Å²) in [6, 6.07) is 6.90. The second kappa shape index (κ2) is 13.7. The molecule has 0 spiro atoms. The van der Waals surface area contributed by atoms with Crippen molar-refractivity contribution in [3.63, 3.8) is 0 Å². The Kier molecular flexibility index (Phi) is 10.7. The maximum atomic E-state index is 11.9. The summed E-state index contributed by atoms with van der Waals surface area (Å²) in [5, 5.41) is 10.3. The number of halogens is 1. The highest BCUT2D eigenvalue weighted by atomic mass is 35.5. The molecule has 7 nitrogen and oxygen atoms in total. The summed E-state index contributed by atoms with van der Waals surface area (Å²) in [7, 11) is 0. The van der Waals surface area contributed by atoms with Crippen LogP contribution in [0.5, 0.6) is 5.75 Å². The number of aliphatic hydroxyl groups excluding tert-OH is 1. The number of rotatable bonds is 12. The molecule has 33 heavy (non-hydrogen) atoms. The van der Waals surface area contributed by atoms with Crippen LogP contribution < -0.4 is 4.74 Å². The minimum atomic E-state index is -0.512. The van der Waals surface area contributed by atoms with Gasteiger partial charge in [-0.1, -0.05) is 12.2 Å². The van der Waals surface area contributed by atoms with Crippen LogP contribution in [-0.4, -0.2) is 79.8 Å². The van der Waals surface area contributed by atoms with Crippen LogP contribution in [0.15, 0.2) is 36.4 Å². The van der Waals surface area contributed by atoms with Crippen molar-refractivity contribution in [1.82, 2.24) is 4.90 Å². The molecule has 1 saturated heterocycles. The fourth-order valence-corrected chi connectivity index (χ4v) is 4.76. The molecular weight excluding hydrogens is 446 g/mol. The number of hydrogen-bond acceptors (Lipinski definition) is 7. The first-order valence-corrected chi connectivity index (χ1v) is 12.1. The normalized spacial score (nSPS) is 25.9. The summed E-state index contributed by atoms with van der Waals surface area (Å²) in [5.41, 5.74) is 0.591. The molecule has 0 amide bonds. The summed E-state index contributed by atoms with van der Waals surface area (Å²) in [6.07, 6.45) is 6.50. The molecule has 1 aliphatic carbocycles. The number of esters is 1. The first-order chi connectivity index (χ1) is 16.1. The fourth-order valence-electron chi connectivity index (χ4n) is 4.28. The second-order valence-electron chi connectivity index (χ2n) is 8.56. The van der Waals surface area contributed by atoms with Crippen molar-refractivity contribution in [3.05, 3.63) is 42.0 Å². The van der Waals surface area contributed by atoms with Crippen LogP contribution in [-0.2, 0) is 14.3 Å². The Morgan fingerprint density at radius 2 is 1.94 bits per heavy atom. The van der Waals surface area contributed by atoms with E-state index in [-0.39, 0.29) is 23.2 Å². The molecule has 1 N–H and O–H groups in total. The molecular formula is C25H34ClNO6. The maximum absolute atomic E-state index is 11.9. The van der Waals surface area contributed by atoms with Gasteiger partial charge in [0.25, 0.3) is 0 Å². The number of carbonyl (C=O) groups excluding carboxylic acids is 2. The zero-order valence-electron chi connectivity index (χ0n) is 18.9. The molecule has 0 radical (unpaired) electrons. The average molecular weight is 480 g/mol. The molecule has 0 unspecified atom stereocenters. The van der Waals surface area contributed by atoms with E-state index in [1.807, 2.05) is 12.2 Å². The molecule has 8 heteroatoms. The lowest BCUT2D eigenvalue weighted by Crippen LogP contribution is -2.38. The van der Waals surface area contributed by atoms with Crippen molar-refractivity contribution >= 4 is 23.9 Å². The zero-order valence-corrected chi connectivity index (χ0v) is 19.7. The summed E-state index contributed by atoms with van der Waals surface area (Å²) < 4.78 is 16.5. The van der Waals surface area contributed by atoms with Crippen molar-refractivity contribution < 1.29 is 28.9 Å². The number of hydrogen-bond donors (Lipinski definition) is 1. The summed E-state index contributed by atoms with van der Waals surface area (Å²) in [4.78, 5) is 24.9. The first-order valence-electron chi connectivity index (χ1n) is 11.7. The Balaban J connectivity index is 1.35. The first kappa shape index (κ1) is 25.7. The monoisotopic (exact) mass is 479 g/mol. The summed E-state index contributed by atoms with van der Waals surface area (Å²) in [5.74, 6) is 0.485. The van der Waals surface area contributed by atoms with Gasteiger partial charge < -0.3 is 19.3 Å². The van der Waals surface area contributed by atoms with Crippen LogP contribution in [0, 0.1) is 11.8 Å². The van der Waals surface area contributed by atoms with E-state index < -0.39 is 6.10 Å². The van der Waals surface area contributed by atoms with Gasteiger partial charge in [-0.3, -0.25) is 14.5 Å². The van der Waals surface area contributed by atoms with Gasteiger partial charge in [0.05, 0.1) is 25.9 Å². The van der Waals surface area contributed by atoms with E-state index in [9.17, 15) is 14.7 Å². The maximum Gasteiger partial charge on any atom is 0.306 e. The molecule has 182 valence electrons. The molecule has 0 bridgehead atoms. The van der Waals surface area contributed by atoms with Gasteiger partial charge in [0.15, 0.2) is 0 Å². The van der Waals surface area contributed by atoms with Crippen LogP contribution in [0.4, 0.5) is 0 Å². The lowest BCUT2D eigenvalue weighted by Gasteiger charge is -2.26. The molecule has 1 aliphatic heterocycles. The van der Waals surface area contributed by atoms with Crippen molar-refractivity contribution in [1.29, 1.82) is 0 Å². The largest absolute Gasteiger partial charge is 0.493 e. The van der Waals surface area contributed by atoms with Gasteiger partial charge >= 0.3 is 5.97 Å². The third-order valence-electron chi connectivity index (χ3n) is 6.30. The Labute approximate surface area is 200 Å². The number of nitrogens with zero attached hydrogens (tertiary/aromatic N) is 1. The van der Waals surface area contributed by atoms with E-state index in [1.165, 1.54) is 0 Å². The van der Waals surface area contributed by atoms with Crippen molar-refractivity contribution in [2.75, 3.05) is 46.1 Å². The molecule has 1 saturated carbocycles. The summed E-state index contributed by atoms with van der Waals surface area (Å²) in [6.45, 7) is 4.76. The van der Waals surface area contributed by atoms with Gasteiger partial charge in [-0.05, 0) is 49.4 Å². The van der Waals surface area contributed by atoms with E-state index in [4.69, 9.17) is 25.8 Å². The van der Waals surface area contributed by atoms with E-state index >= 15 is 0 Å². The smallest absolute Gasteiger partial charge is 0.306 e. The number of allylic oxidation sites excluding steroid dienone is 2. The van der Waals surface area contributed by atoms with E-state index in [1.54, 1.807) is 24.3 Å². The quantitative estimate of drug-likeness (QED) is 0.213. The van der Waals surface area contributed by atoms with Gasteiger partial charge in [-0.25, -0.2) is 0 Å². The Morgan fingerprint density at radius 1 is 1.18 bits per heavy atom. The van der Waals surface area contributed by atoms with Gasteiger partial charge in [-0.15, -0.1) is 11.6 Å². The third-order valence-corrected chi connectivity index (χ3v) is 6.80. The molecule has 2 fully saturated rings. The van der Waals surface area contributed by atoms with Crippen LogP contribution in [0.1, 0.15) is 36.0 Å². The molecule has 0 aromatic heterocycles. The highest BCUT2D eigenvalue weighted by Gasteiger charge is 2.41. The van der Waals surface area contributed by atoms with Crippen LogP contribution in [0.25, 0.3) is 0 Å². The predicted molar refractivity (Wildman–Crippen MR) is 126 cm³/mol. The SMILES string of the molecule is O=Cc1ccc(OC[C@@H]2[C@@H](C/C=C\CCC(=O)OCCN3CCOCC3)[C@H](Cl)C[C@H]2O)cc1. The Hall–Kier alpha value is -1.93. The second-order valence-corrected chi connectivity index (χ2v) is 9.13. The zero-order chi connectivity index (χ0) is 23.5. The molecule has 1 heterocycles. The molecule has 1 aromatic carbocycles. The number of morpholine rings is 1. The molecule has 3 rings (SSSR count). The van der Waals surface area contributed by atoms with Crippen LogP contribution in [0.2, 0.25) is 0 Å². The molecule has 1 aromatic rings. The number of benzene rings is 1. The van der Waals surface area contributed by atoms with Gasteiger partial charge in [0, 0.05) is 42.9 Å². The number of aldehydes is 1. The standard InChI is InChI=1S/C25H34ClNO6/c26-23-16-24(29)22(18-33-20-8-6-19(17-28)7-9-20)21(23)4-2-1-3-5-25(30)32-15-12-27-10-13-31-14-11-27/h1-2,6-9,17,21-24,29H,3-5,10-16,18H2/b2-1-/t21-,22-,23-,24-/m1/s1. The number of ether oxygens (including phenoxy) is 3. The lowest BCUT2D eigenvalue weighted by atomic mass is 9.92. The number of carbonyl (C=O) groups is 2.